The Morgan fingerprint density at radius 1 is 0.724 bits per heavy atom. The first-order valence-electron chi connectivity index (χ1n) is 9.34. The zero-order valence-corrected chi connectivity index (χ0v) is 16.3. The highest BCUT2D eigenvalue weighted by Crippen LogP contribution is 2.16. The maximum atomic E-state index is 12.3. The molecule has 0 aliphatic carbocycles. The Labute approximate surface area is 170 Å². The van der Waals surface area contributed by atoms with Crippen LogP contribution in [0.2, 0.25) is 0 Å². The van der Waals surface area contributed by atoms with Gasteiger partial charge in [0.15, 0.2) is 0 Å². The topological polar surface area (TPSA) is 73.5 Å². The van der Waals surface area contributed by atoms with Gasteiger partial charge in [0.1, 0.15) is 0 Å². The molecule has 0 saturated carbocycles. The van der Waals surface area contributed by atoms with Crippen molar-refractivity contribution in [3.8, 4) is 0 Å². The van der Waals surface area contributed by atoms with E-state index in [1.165, 1.54) is 0 Å². The Morgan fingerprint density at radius 3 is 1.97 bits per heavy atom. The van der Waals surface area contributed by atoms with Gasteiger partial charge in [-0.1, -0.05) is 54.6 Å². The summed E-state index contributed by atoms with van der Waals surface area (Å²) in [5.74, 6) is -0.116. The maximum absolute atomic E-state index is 12.3. The quantitative estimate of drug-likeness (QED) is 0.562. The average molecular weight is 388 g/mol. The fourth-order valence-electron chi connectivity index (χ4n) is 2.89. The van der Waals surface area contributed by atoms with E-state index in [-0.39, 0.29) is 18.5 Å². The molecule has 3 amide bonds. The molecule has 0 spiro atoms. The first kappa shape index (κ1) is 20.1. The van der Waals surface area contributed by atoms with Crippen molar-refractivity contribution in [3.05, 3.63) is 90.5 Å². The Bertz CT molecular complexity index is 945. The van der Waals surface area contributed by atoms with Crippen LogP contribution < -0.4 is 16.0 Å². The van der Waals surface area contributed by atoms with Crippen LogP contribution in [0.1, 0.15) is 5.56 Å². The first-order chi connectivity index (χ1) is 14.1. The number of amides is 3. The molecule has 29 heavy (non-hydrogen) atoms. The summed E-state index contributed by atoms with van der Waals surface area (Å²) in [6, 6.07) is 25.9. The predicted molar refractivity (Wildman–Crippen MR) is 117 cm³/mol. The van der Waals surface area contributed by atoms with Crippen LogP contribution in [0.25, 0.3) is 0 Å². The summed E-state index contributed by atoms with van der Waals surface area (Å²) in [5, 5.41) is 8.39. The van der Waals surface area contributed by atoms with Gasteiger partial charge in [-0.2, -0.15) is 0 Å². The number of nitrogens with one attached hydrogen (secondary N) is 3. The molecule has 3 N–H and O–H groups in total. The van der Waals surface area contributed by atoms with Crippen molar-refractivity contribution in [1.82, 2.24) is 4.90 Å². The standard InChI is InChI=1S/C23H24N4O2/c1-27(16-18-9-4-2-5-10-18)17-22(28)24-20-13-8-14-21(15-20)26-23(29)25-19-11-6-3-7-12-19/h2-15H,16-17H2,1H3,(H,24,28)(H2,25,26,29). The monoisotopic (exact) mass is 388 g/mol. The molecule has 0 fully saturated rings. The van der Waals surface area contributed by atoms with E-state index in [1.54, 1.807) is 24.3 Å². The highest BCUT2D eigenvalue weighted by molar-refractivity contribution is 6.00. The number of nitrogens with zero attached hydrogens (tertiary/aromatic N) is 1. The van der Waals surface area contributed by atoms with Crippen molar-refractivity contribution in [3.63, 3.8) is 0 Å². The zero-order chi connectivity index (χ0) is 20.5. The van der Waals surface area contributed by atoms with Crippen molar-refractivity contribution < 1.29 is 9.59 Å². The van der Waals surface area contributed by atoms with Gasteiger partial charge in [0.25, 0.3) is 0 Å². The van der Waals surface area contributed by atoms with E-state index >= 15 is 0 Å². The van der Waals surface area contributed by atoms with E-state index in [0.717, 1.165) is 5.56 Å². The third-order valence-corrected chi connectivity index (χ3v) is 4.14. The number of para-hydroxylation sites is 1. The summed E-state index contributed by atoms with van der Waals surface area (Å²) in [4.78, 5) is 26.4. The lowest BCUT2D eigenvalue weighted by molar-refractivity contribution is -0.117. The third-order valence-electron chi connectivity index (χ3n) is 4.14. The SMILES string of the molecule is CN(CC(=O)Nc1cccc(NC(=O)Nc2ccccc2)c1)Cc1ccccc1. The van der Waals surface area contributed by atoms with Gasteiger partial charge in [-0.25, -0.2) is 4.79 Å². The van der Waals surface area contributed by atoms with E-state index in [9.17, 15) is 9.59 Å². The van der Waals surface area contributed by atoms with Gasteiger partial charge in [-0.3, -0.25) is 9.69 Å². The van der Waals surface area contributed by atoms with E-state index in [0.29, 0.717) is 23.6 Å². The highest BCUT2D eigenvalue weighted by Gasteiger charge is 2.09. The minimum absolute atomic E-state index is 0.116. The molecule has 0 aliphatic rings. The summed E-state index contributed by atoms with van der Waals surface area (Å²) in [6.07, 6.45) is 0. The molecule has 0 atom stereocenters. The molecular weight excluding hydrogens is 364 g/mol. The Hall–Kier alpha value is -3.64. The minimum Gasteiger partial charge on any atom is -0.325 e. The number of carbonyl (C=O) groups is 2. The number of rotatable bonds is 7. The number of hydrogen-bond acceptors (Lipinski definition) is 3. The average Bonchev–Trinajstić information content (AvgIpc) is 2.69. The molecule has 0 saturated heterocycles. The highest BCUT2D eigenvalue weighted by atomic mass is 16.2. The second-order valence-corrected chi connectivity index (χ2v) is 6.73. The van der Waals surface area contributed by atoms with Crippen LogP contribution in [0.5, 0.6) is 0 Å². The molecule has 6 nitrogen and oxygen atoms in total. The Morgan fingerprint density at radius 2 is 1.28 bits per heavy atom. The molecule has 0 heterocycles. The number of hydrogen-bond donors (Lipinski definition) is 3. The van der Waals surface area contributed by atoms with Crippen LogP contribution in [-0.2, 0) is 11.3 Å². The van der Waals surface area contributed by atoms with Crippen LogP contribution in [0, 0.1) is 0 Å². The van der Waals surface area contributed by atoms with Gasteiger partial charge >= 0.3 is 6.03 Å². The summed E-state index contributed by atoms with van der Waals surface area (Å²) < 4.78 is 0. The first-order valence-corrected chi connectivity index (χ1v) is 9.34. The smallest absolute Gasteiger partial charge is 0.323 e. The van der Waals surface area contributed by atoms with Crippen molar-refractivity contribution in [2.24, 2.45) is 0 Å². The zero-order valence-electron chi connectivity index (χ0n) is 16.3. The van der Waals surface area contributed by atoms with Crippen LogP contribution >= 0.6 is 0 Å². The second kappa shape index (κ2) is 10.1. The van der Waals surface area contributed by atoms with Crippen LogP contribution in [-0.4, -0.2) is 30.4 Å². The Kier molecular flexibility index (Phi) is 6.97. The van der Waals surface area contributed by atoms with Crippen LogP contribution in [0.3, 0.4) is 0 Å². The van der Waals surface area contributed by atoms with Crippen molar-refractivity contribution in [2.75, 3.05) is 29.5 Å². The number of likely N-dealkylation sites (N-methyl/N-ethyl adjacent to an activating group) is 1. The van der Waals surface area contributed by atoms with Gasteiger partial charge in [0.2, 0.25) is 5.91 Å². The molecule has 0 bridgehead atoms. The van der Waals surface area contributed by atoms with E-state index < -0.39 is 0 Å². The van der Waals surface area contributed by atoms with E-state index in [4.69, 9.17) is 0 Å². The lowest BCUT2D eigenvalue weighted by Crippen LogP contribution is -2.29. The van der Waals surface area contributed by atoms with Gasteiger partial charge < -0.3 is 16.0 Å². The molecule has 0 aliphatic heterocycles. The summed E-state index contributed by atoms with van der Waals surface area (Å²) in [6.45, 7) is 0.955. The Balaban J connectivity index is 1.51. The largest absolute Gasteiger partial charge is 0.325 e. The number of anilines is 3. The summed E-state index contributed by atoms with van der Waals surface area (Å²) in [5.41, 5.74) is 3.07. The normalized spacial score (nSPS) is 10.4. The van der Waals surface area contributed by atoms with Crippen molar-refractivity contribution in [2.45, 2.75) is 6.54 Å². The molecule has 3 aromatic carbocycles. The van der Waals surface area contributed by atoms with E-state index in [2.05, 4.69) is 16.0 Å². The van der Waals surface area contributed by atoms with Gasteiger partial charge in [0, 0.05) is 23.6 Å². The van der Waals surface area contributed by atoms with E-state index in [1.807, 2.05) is 72.6 Å². The maximum Gasteiger partial charge on any atom is 0.323 e. The molecule has 3 aromatic rings. The van der Waals surface area contributed by atoms with Gasteiger partial charge in [-0.05, 0) is 42.9 Å². The predicted octanol–water partition coefficient (Wildman–Crippen LogP) is 4.40. The molecule has 0 radical (unpaired) electrons. The van der Waals surface area contributed by atoms with Gasteiger partial charge in [-0.15, -0.1) is 0 Å². The minimum atomic E-state index is -0.345. The molecule has 3 rings (SSSR count). The lowest BCUT2D eigenvalue weighted by Gasteiger charge is -2.16. The molecule has 0 unspecified atom stereocenters. The van der Waals surface area contributed by atoms with Gasteiger partial charge in [0.05, 0.1) is 6.54 Å². The van der Waals surface area contributed by atoms with Crippen LogP contribution in [0.15, 0.2) is 84.9 Å². The van der Waals surface area contributed by atoms with Crippen molar-refractivity contribution in [1.29, 1.82) is 0 Å². The molecular formula is C23H24N4O2. The molecule has 0 aromatic heterocycles. The molecule has 6 heteroatoms. The molecule has 148 valence electrons. The number of carbonyl (C=O) groups excluding carboxylic acids is 2. The summed E-state index contributed by atoms with van der Waals surface area (Å²) in [7, 11) is 1.90. The number of benzene rings is 3. The second-order valence-electron chi connectivity index (χ2n) is 6.73. The lowest BCUT2D eigenvalue weighted by atomic mass is 10.2. The fourth-order valence-corrected chi connectivity index (χ4v) is 2.89. The summed E-state index contributed by atoms with van der Waals surface area (Å²) >= 11 is 0. The van der Waals surface area contributed by atoms with Crippen LogP contribution in [0.4, 0.5) is 21.9 Å². The van der Waals surface area contributed by atoms with Crippen molar-refractivity contribution >= 4 is 29.0 Å². The third kappa shape index (κ3) is 6.79. The fraction of sp³-hybridized carbons (Fsp3) is 0.130. The number of urea groups is 1.